The van der Waals surface area contributed by atoms with E-state index < -0.39 is 4.92 Å². The number of carbonyl (C=O) groups is 1. The van der Waals surface area contributed by atoms with E-state index in [4.69, 9.17) is 0 Å². The number of nitro groups is 1. The van der Waals surface area contributed by atoms with E-state index in [2.05, 4.69) is 0 Å². The van der Waals surface area contributed by atoms with Crippen molar-refractivity contribution in [1.82, 2.24) is 4.90 Å². The minimum atomic E-state index is -0.545. The van der Waals surface area contributed by atoms with Crippen LogP contribution in [-0.4, -0.2) is 40.0 Å². The van der Waals surface area contributed by atoms with Gasteiger partial charge in [0.1, 0.15) is 5.56 Å². The third-order valence-electron chi connectivity index (χ3n) is 3.43. The fourth-order valence-corrected chi connectivity index (χ4v) is 2.43. The van der Waals surface area contributed by atoms with Crippen molar-refractivity contribution < 1.29 is 14.8 Å². The number of hydrogen-bond acceptors (Lipinski definition) is 4. The summed E-state index contributed by atoms with van der Waals surface area (Å²) in [7, 11) is 0. The van der Waals surface area contributed by atoms with E-state index in [-0.39, 0.29) is 29.8 Å². The van der Waals surface area contributed by atoms with Crippen LogP contribution in [-0.2, 0) is 0 Å². The molecule has 1 aromatic rings. The Balaban J connectivity index is 2.37. The number of carbonyl (C=O) groups excluding carboxylic acids is 1. The summed E-state index contributed by atoms with van der Waals surface area (Å²) < 4.78 is 0. The highest BCUT2D eigenvalue weighted by Gasteiger charge is 2.32. The van der Waals surface area contributed by atoms with Crippen LogP contribution in [0, 0.1) is 17.0 Å². The third kappa shape index (κ3) is 2.58. The molecule has 1 heterocycles. The molecule has 2 rings (SSSR count). The topological polar surface area (TPSA) is 83.7 Å². The number of rotatable bonds is 3. The zero-order valence-corrected chi connectivity index (χ0v) is 10.7. The molecule has 0 aliphatic carbocycles. The van der Waals surface area contributed by atoms with Crippen molar-refractivity contribution in [1.29, 1.82) is 0 Å². The molecule has 6 heteroatoms. The fraction of sp³-hybridized carbons (Fsp3) is 0.462. The molecule has 0 saturated carbocycles. The second-order valence-corrected chi connectivity index (χ2v) is 4.75. The molecule has 1 saturated heterocycles. The van der Waals surface area contributed by atoms with Crippen LogP contribution in [0.15, 0.2) is 18.2 Å². The minimum Gasteiger partial charge on any atom is -0.394 e. The lowest BCUT2D eigenvalue weighted by atomic mass is 10.1. The highest BCUT2D eigenvalue weighted by atomic mass is 16.6. The smallest absolute Gasteiger partial charge is 0.282 e. The van der Waals surface area contributed by atoms with Gasteiger partial charge in [-0.05, 0) is 31.4 Å². The summed E-state index contributed by atoms with van der Waals surface area (Å²) in [6.07, 6.45) is 1.55. The van der Waals surface area contributed by atoms with E-state index >= 15 is 0 Å². The molecule has 1 N–H and O–H groups in total. The van der Waals surface area contributed by atoms with Gasteiger partial charge < -0.3 is 10.0 Å². The van der Waals surface area contributed by atoms with Crippen LogP contribution in [0.1, 0.15) is 28.8 Å². The first-order valence-electron chi connectivity index (χ1n) is 6.21. The number of amides is 1. The Morgan fingerprint density at radius 2 is 2.32 bits per heavy atom. The van der Waals surface area contributed by atoms with Crippen molar-refractivity contribution in [2.45, 2.75) is 25.8 Å². The van der Waals surface area contributed by atoms with Crippen LogP contribution in [0.2, 0.25) is 0 Å². The molecule has 1 unspecified atom stereocenters. The lowest BCUT2D eigenvalue weighted by Crippen LogP contribution is -2.37. The summed E-state index contributed by atoms with van der Waals surface area (Å²) in [5, 5.41) is 20.2. The molecule has 1 aliphatic heterocycles. The third-order valence-corrected chi connectivity index (χ3v) is 3.43. The van der Waals surface area contributed by atoms with Crippen molar-refractivity contribution in [3.05, 3.63) is 39.4 Å². The van der Waals surface area contributed by atoms with Gasteiger partial charge >= 0.3 is 0 Å². The quantitative estimate of drug-likeness (QED) is 0.662. The summed E-state index contributed by atoms with van der Waals surface area (Å²) in [5.41, 5.74) is 0.721. The van der Waals surface area contributed by atoms with Gasteiger partial charge in [-0.1, -0.05) is 6.07 Å². The van der Waals surface area contributed by atoms with E-state index in [0.29, 0.717) is 6.54 Å². The lowest BCUT2D eigenvalue weighted by molar-refractivity contribution is -0.385. The molecule has 0 bridgehead atoms. The zero-order chi connectivity index (χ0) is 14.0. The summed E-state index contributed by atoms with van der Waals surface area (Å²) in [6.45, 7) is 2.22. The Hall–Kier alpha value is -1.95. The number of aryl methyl sites for hydroxylation is 1. The van der Waals surface area contributed by atoms with Gasteiger partial charge in [-0.2, -0.15) is 0 Å². The monoisotopic (exact) mass is 264 g/mol. The fourth-order valence-electron chi connectivity index (χ4n) is 2.43. The SMILES string of the molecule is Cc1ccc([N+](=O)[O-])c(C(=O)N2CCCC2CO)c1. The van der Waals surface area contributed by atoms with Crippen molar-refractivity contribution in [3.8, 4) is 0 Å². The Morgan fingerprint density at radius 3 is 2.95 bits per heavy atom. The van der Waals surface area contributed by atoms with E-state index in [1.165, 1.54) is 17.0 Å². The highest BCUT2D eigenvalue weighted by molar-refractivity contribution is 5.98. The summed E-state index contributed by atoms with van der Waals surface area (Å²) >= 11 is 0. The first kappa shape index (κ1) is 13.5. The van der Waals surface area contributed by atoms with E-state index in [9.17, 15) is 20.0 Å². The molecule has 102 valence electrons. The minimum absolute atomic E-state index is 0.102. The Bertz CT molecular complexity index is 515. The van der Waals surface area contributed by atoms with Gasteiger partial charge in [0.15, 0.2) is 0 Å². The standard InChI is InChI=1S/C13H16N2O4/c1-9-4-5-12(15(18)19)11(7-9)13(17)14-6-2-3-10(14)8-16/h4-5,7,10,16H,2-3,6,8H2,1H3. The second-order valence-electron chi connectivity index (χ2n) is 4.75. The Labute approximate surface area is 110 Å². The maximum atomic E-state index is 12.4. The summed E-state index contributed by atoms with van der Waals surface area (Å²) in [5.74, 6) is -0.369. The maximum absolute atomic E-state index is 12.4. The number of aliphatic hydroxyl groups is 1. The molecule has 1 amide bonds. The molecule has 1 aromatic carbocycles. The molecule has 1 aliphatic rings. The van der Waals surface area contributed by atoms with Gasteiger partial charge in [0.25, 0.3) is 11.6 Å². The van der Waals surface area contributed by atoms with Crippen LogP contribution in [0.3, 0.4) is 0 Å². The molecule has 6 nitrogen and oxygen atoms in total. The molecular formula is C13H16N2O4. The molecule has 19 heavy (non-hydrogen) atoms. The Morgan fingerprint density at radius 1 is 1.58 bits per heavy atom. The van der Waals surface area contributed by atoms with Gasteiger partial charge in [-0.25, -0.2) is 0 Å². The van der Waals surface area contributed by atoms with Crippen molar-refractivity contribution in [3.63, 3.8) is 0 Å². The zero-order valence-electron chi connectivity index (χ0n) is 10.7. The van der Waals surface area contributed by atoms with E-state index in [1.54, 1.807) is 13.0 Å². The van der Waals surface area contributed by atoms with Gasteiger partial charge in [0, 0.05) is 12.6 Å². The predicted octanol–water partition coefficient (Wildman–Crippen LogP) is 1.50. The largest absolute Gasteiger partial charge is 0.394 e. The average Bonchev–Trinajstić information content (AvgIpc) is 2.85. The molecule has 0 spiro atoms. The predicted molar refractivity (Wildman–Crippen MR) is 69.0 cm³/mol. The number of hydrogen-bond donors (Lipinski definition) is 1. The number of likely N-dealkylation sites (tertiary alicyclic amines) is 1. The molecule has 1 atom stereocenters. The Kier molecular flexibility index (Phi) is 3.80. The van der Waals surface area contributed by atoms with E-state index in [1.807, 2.05) is 0 Å². The molecule has 0 radical (unpaired) electrons. The number of aliphatic hydroxyl groups excluding tert-OH is 1. The van der Waals surface area contributed by atoms with Crippen LogP contribution in [0.25, 0.3) is 0 Å². The van der Waals surface area contributed by atoms with Crippen molar-refractivity contribution >= 4 is 11.6 Å². The average molecular weight is 264 g/mol. The summed E-state index contributed by atoms with van der Waals surface area (Å²) in [4.78, 5) is 24.4. The maximum Gasteiger partial charge on any atom is 0.282 e. The lowest BCUT2D eigenvalue weighted by Gasteiger charge is -2.23. The molecular weight excluding hydrogens is 248 g/mol. The van der Waals surface area contributed by atoms with Gasteiger partial charge in [-0.3, -0.25) is 14.9 Å². The van der Waals surface area contributed by atoms with Crippen LogP contribution >= 0.6 is 0 Å². The van der Waals surface area contributed by atoms with Crippen LogP contribution < -0.4 is 0 Å². The number of nitrogens with zero attached hydrogens (tertiary/aromatic N) is 2. The van der Waals surface area contributed by atoms with Crippen LogP contribution in [0.5, 0.6) is 0 Å². The van der Waals surface area contributed by atoms with Crippen LogP contribution in [0.4, 0.5) is 5.69 Å². The highest BCUT2D eigenvalue weighted by Crippen LogP contribution is 2.25. The van der Waals surface area contributed by atoms with Crippen molar-refractivity contribution in [2.75, 3.05) is 13.2 Å². The second kappa shape index (κ2) is 5.36. The summed E-state index contributed by atoms with van der Waals surface area (Å²) in [6, 6.07) is 4.27. The van der Waals surface area contributed by atoms with Gasteiger partial charge in [0.05, 0.1) is 17.6 Å². The number of benzene rings is 1. The van der Waals surface area contributed by atoms with Crippen molar-refractivity contribution in [2.24, 2.45) is 0 Å². The first-order chi connectivity index (χ1) is 9.04. The molecule has 0 aromatic heterocycles. The van der Waals surface area contributed by atoms with Gasteiger partial charge in [0.2, 0.25) is 0 Å². The normalized spacial score (nSPS) is 18.6. The van der Waals surface area contributed by atoms with E-state index in [0.717, 1.165) is 18.4 Å². The first-order valence-corrected chi connectivity index (χ1v) is 6.21. The number of nitro benzene ring substituents is 1. The molecule has 1 fully saturated rings. The van der Waals surface area contributed by atoms with Gasteiger partial charge in [-0.15, -0.1) is 0 Å².